The van der Waals surface area contributed by atoms with E-state index in [1.807, 2.05) is 18.2 Å². The van der Waals surface area contributed by atoms with Crippen molar-refractivity contribution in [1.29, 1.82) is 0 Å². The van der Waals surface area contributed by atoms with Crippen LogP contribution in [0.5, 0.6) is 5.75 Å². The molecule has 0 radical (unpaired) electrons. The van der Waals surface area contributed by atoms with Crippen LogP contribution in [0, 0.1) is 6.92 Å². The molecular formula is C12H16O2. The van der Waals surface area contributed by atoms with E-state index in [0.29, 0.717) is 0 Å². The highest BCUT2D eigenvalue weighted by molar-refractivity contribution is 5.31. The van der Waals surface area contributed by atoms with Gasteiger partial charge in [-0.05, 0) is 31.4 Å². The molecule has 0 spiro atoms. The minimum absolute atomic E-state index is 0.0372. The Kier molecular flexibility index (Phi) is 3.04. The average molecular weight is 192 g/mol. The Morgan fingerprint density at radius 3 is 2.86 bits per heavy atom. The third-order valence-corrected chi connectivity index (χ3v) is 2.49. The van der Waals surface area contributed by atoms with Gasteiger partial charge in [-0.25, -0.2) is 0 Å². The Hall–Kier alpha value is -1.02. The molecule has 1 aromatic rings. The minimum atomic E-state index is -0.0372. The Balaban J connectivity index is 1.99. The molecule has 1 atom stereocenters. The molecule has 2 nitrogen and oxygen atoms in total. The number of rotatable bonds is 2. The molecule has 76 valence electrons. The van der Waals surface area contributed by atoms with Crippen LogP contribution in [0.15, 0.2) is 24.3 Å². The molecule has 1 aliphatic rings. The Morgan fingerprint density at radius 1 is 1.29 bits per heavy atom. The van der Waals surface area contributed by atoms with Gasteiger partial charge < -0.3 is 9.47 Å². The predicted molar refractivity (Wildman–Crippen MR) is 55.4 cm³/mol. The van der Waals surface area contributed by atoms with Crippen molar-refractivity contribution in [2.24, 2.45) is 0 Å². The molecule has 1 fully saturated rings. The first kappa shape index (κ1) is 9.53. The third kappa shape index (κ3) is 2.26. The molecule has 0 amide bonds. The van der Waals surface area contributed by atoms with Crippen LogP contribution in [0.1, 0.15) is 24.8 Å². The van der Waals surface area contributed by atoms with Gasteiger partial charge in [0.15, 0.2) is 6.29 Å². The quantitative estimate of drug-likeness (QED) is 0.717. The van der Waals surface area contributed by atoms with E-state index in [1.54, 1.807) is 0 Å². The highest BCUT2D eigenvalue weighted by Crippen LogP contribution is 2.21. The van der Waals surface area contributed by atoms with Crippen LogP contribution in [-0.2, 0) is 4.74 Å². The predicted octanol–water partition coefficient (Wildman–Crippen LogP) is 2.90. The van der Waals surface area contributed by atoms with Gasteiger partial charge in [0.25, 0.3) is 0 Å². The van der Waals surface area contributed by atoms with Crippen molar-refractivity contribution in [2.75, 3.05) is 6.61 Å². The molecule has 0 N–H and O–H groups in total. The fraction of sp³-hybridized carbons (Fsp3) is 0.500. The van der Waals surface area contributed by atoms with E-state index in [4.69, 9.17) is 9.47 Å². The zero-order valence-corrected chi connectivity index (χ0v) is 8.53. The molecular weight excluding hydrogens is 176 g/mol. The highest BCUT2D eigenvalue weighted by atomic mass is 16.7. The number of ether oxygens (including phenoxy) is 2. The lowest BCUT2D eigenvalue weighted by Gasteiger charge is -2.24. The first-order valence-corrected chi connectivity index (χ1v) is 5.20. The van der Waals surface area contributed by atoms with Crippen molar-refractivity contribution in [3.8, 4) is 5.75 Å². The van der Waals surface area contributed by atoms with Crippen molar-refractivity contribution in [3.05, 3.63) is 29.8 Å². The van der Waals surface area contributed by atoms with E-state index >= 15 is 0 Å². The van der Waals surface area contributed by atoms with E-state index in [1.165, 1.54) is 12.0 Å². The number of para-hydroxylation sites is 1. The van der Waals surface area contributed by atoms with Crippen LogP contribution in [0.3, 0.4) is 0 Å². The molecule has 0 saturated carbocycles. The van der Waals surface area contributed by atoms with Gasteiger partial charge in [0, 0.05) is 6.42 Å². The monoisotopic (exact) mass is 192 g/mol. The van der Waals surface area contributed by atoms with E-state index in [2.05, 4.69) is 13.0 Å². The van der Waals surface area contributed by atoms with E-state index < -0.39 is 0 Å². The zero-order chi connectivity index (χ0) is 9.80. The first-order chi connectivity index (χ1) is 6.86. The van der Waals surface area contributed by atoms with Crippen molar-refractivity contribution in [1.82, 2.24) is 0 Å². The minimum Gasteiger partial charge on any atom is -0.465 e. The van der Waals surface area contributed by atoms with Gasteiger partial charge in [0.2, 0.25) is 0 Å². The first-order valence-electron chi connectivity index (χ1n) is 5.20. The van der Waals surface area contributed by atoms with E-state index in [0.717, 1.165) is 25.2 Å². The van der Waals surface area contributed by atoms with Gasteiger partial charge in [-0.2, -0.15) is 0 Å². The molecule has 0 aliphatic carbocycles. The second-order valence-corrected chi connectivity index (χ2v) is 3.68. The van der Waals surface area contributed by atoms with Gasteiger partial charge in [-0.1, -0.05) is 18.2 Å². The number of hydrogen-bond acceptors (Lipinski definition) is 2. The van der Waals surface area contributed by atoms with Crippen LogP contribution < -0.4 is 4.74 Å². The SMILES string of the molecule is Cc1ccccc1OC1CCCCO1. The lowest BCUT2D eigenvalue weighted by atomic mass is 10.2. The Labute approximate surface area is 84.8 Å². The average Bonchev–Trinajstić information content (AvgIpc) is 2.23. The summed E-state index contributed by atoms with van der Waals surface area (Å²) < 4.78 is 11.3. The van der Waals surface area contributed by atoms with E-state index in [9.17, 15) is 0 Å². The maximum atomic E-state index is 5.76. The summed E-state index contributed by atoms with van der Waals surface area (Å²) in [5.74, 6) is 0.944. The van der Waals surface area contributed by atoms with Crippen molar-refractivity contribution < 1.29 is 9.47 Å². The molecule has 1 aromatic carbocycles. The summed E-state index contributed by atoms with van der Waals surface area (Å²) in [6, 6.07) is 8.06. The van der Waals surface area contributed by atoms with Gasteiger partial charge in [0.05, 0.1) is 6.61 Å². The maximum Gasteiger partial charge on any atom is 0.199 e. The van der Waals surface area contributed by atoms with Gasteiger partial charge >= 0.3 is 0 Å². The van der Waals surface area contributed by atoms with Gasteiger partial charge in [-0.15, -0.1) is 0 Å². The largest absolute Gasteiger partial charge is 0.465 e. The van der Waals surface area contributed by atoms with Gasteiger partial charge in [0.1, 0.15) is 5.75 Å². The standard InChI is InChI=1S/C12H16O2/c1-10-6-2-3-7-11(10)14-12-8-4-5-9-13-12/h2-3,6-7,12H,4-5,8-9H2,1H3. The number of aryl methyl sites for hydroxylation is 1. The second kappa shape index (κ2) is 4.47. The van der Waals surface area contributed by atoms with Crippen LogP contribution in [0.25, 0.3) is 0 Å². The fourth-order valence-electron chi connectivity index (χ4n) is 1.63. The summed E-state index contributed by atoms with van der Waals surface area (Å²) >= 11 is 0. The molecule has 14 heavy (non-hydrogen) atoms. The van der Waals surface area contributed by atoms with Crippen LogP contribution in [-0.4, -0.2) is 12.9 Å². The Bertz CT molecular complexity index is 290. The second-order valence-electron chi connectivity index (χ2n) is 3.68. The summed E-state index contributed by atoms with van der Waals surface area (Å²) in [7, 11) is 0. The Morgan fingerprint density at radius 2 is 2.14 bits per heavy atom. The van der Waals surface area contributed by atoms with E-state index in [-0.39, 0.29) is 6.29 Å². The molecule has 2 rings (SSSR count). The van der Waals surface area contributed by atoms with Crippen molar-refractivity contribution in [2.45, 2.75) is 32.5 Å². The van der Waals surface area contributed by atoms with Crippen LogP contribution in [0.4, 0.5) is 0 Å². The van der Waals surface area contributed by atoms with Crippen LogP contribution in [0.2, 0.25) is 0 Å². The van der Waals surface area contributed by atoms with Crippen molar-refractivity contribution >= 4 is 0 Å². The number of benzene rings is 1. The third-order valence-electron chi connectivity index (χ3n) is 2.49. The number of hydrogen-bond donors (Lipinski definition) is 0. The van der Waals surface area contributed by atoms with Crippen molar-refractivity contribution in [3.63, 3.8) is 0 Å². The molecule has 1 saturated heterocycles. The summed E-state index contributed by atoms with van der Waals surface area (Å²) in [5, 5.41) is 0. The molecule has 1 heterocycles. The highest BCUT2D eigenvalue weighted by Gasteiger charge is 2.15. The summed E-state index contributed by atoms with van der Waals surface area (Å²) in [6.07, 6.45) is 3.34. The summed E-state index contributed by atoms with van der Waals surface area (Å²) in [5.41, 5.74) is 1.17. The fourth-order valence-corrected chi connectivity index (χ4v) is 1.63. The zero-order valence-electron chi connectivity index (χ0n) is 8.53. The molecule has 1 aliphatic heterocycles. The smallest absolute Gasteiger partial charge is 0.199 e. The van der Waals surface area contributed by atoms with Crippen LogP contribution >= 0.6 is 0 Å². The molecule has 1 unspecified atom stereocenters. The normalized spacial score (nSPS) is 21.9. The summed E-state index contributed by atoms with van der Waals surface area (Å²) in [4.78, 5) is 0. The summed E-state index contributed by atoms with van der Waals surface area (Å²) in [6.45, 7) is 2.88. The maximum absolute atomic E-state index is 5.76. The molecule has 0 bridgehead atoms. The lowest BCUT2D eigenvalue weighted by Crippen LogP contribution is -2.25. The molecule has 2 heteroatoms. The van der Waals surface area contributed by atoms with Gasteiger partial charge in [-0.3, -0.25) is 0 Å². The molecule has 0 aromatic heterocycles. The topological polar surface area (TPSA) is 18.5 Å². The lowest BCUT2D eigenvalue weighted by molar-refractivity contribution is -0.106.